The van der Waals surface area contributed by atoms with Crippen molar-refractivity contribution in [2.24, 2.45) is 5.92 Å². The van der Waals surface area contributed by atoms with Crippen molar-refractivity contribution in [1.82, 2.24) is 5.32 Å². The molecule has 2 heteroatoms. The van der Waals surface area contributed by atoms with Gasteiger partial charge in [0.15, 0.2) is 0 Å². The summed E-state index contributed by atoms with van der Waals surface area (Å²) < 4.78 is 0. The summed E-state index contributed by atoms with van der Waals surface area (Å²) in [6.07, 6.45) is 2.44. The molecule has 0 spiro atoms. The summed E-state index contributed by atoms with van der Waals surface area (Å²) in [4.78, 5) is 2.92. The Morgan fingerprint density at radius 1 is 1.40 bits per heavy atom. The molecule has 1 rings (SSSR count). The van der Waals surface area contributed by atoms with Crippen LogP contribution in [0.25, 0.3) is 0 Å². The maximum Gasteiger partial charge on any atom is 0.00495 e. The van der Waals surface area contributed by atoms with Gasteiger partial charge in [-0.2, -0.15) is 0 Å². The van der Waals surface area contributed by atoms with Crippen molar-refractivity contribution in [1.29, 1.82) is 0 Å². The zero-order chi connectivity index (χ0) is 11.3. The molecule has 0 aliphatic heterocycles. The molecule has 0 saturated carbocycles. The Labute approximate surface area is 97.9 Å². The molecule has 0 amide bonds. The lowest BCUT2D eigenvalue weighted by Crippen LogP contribution is -2.23. The number of hydrogen-bond acceptors (Lipinski definition) is 2. The molecule has 15 heavy (non-hydrogen) atoms. The fourth-order valence-electron chi connectivity index (χ4n) is 1.65. The van der Waals surface area contributed by atoms with Crippen LogP contribution in [0.4, 0.5) is 0 Å². The Morgan fingerprint density at radius 2 is 2.13 bits per heavy atom. The van der Waals surface area contributed by atoms with Crippen LogP contribution in [-0.2, 0) is 6.42 Å². The van der Waals surface area contributed by atoms with Crippen LogP contribution in [-0.4, -0.2) is 13.1 Å². The molecule has 1 N–H and O–H groups in total. The molecule has 0 radical (unpaired) electrons. The van der Waals surface area contributed by atoms with Gasteiger partial charge in [-0.15, -0.1) is 11.3 Å². The van der Waals surface area contributed by atoms with E-state index in [4.69, 9.17) is 0 Å². The fourth-order valence-corrected chi connectivity index (χ4v) is 2.62. The minimum absolute atomic E-state index is 0.801. The van der Waals surface area contributed by atoms with E-state index in [9.17, 15) is 0 Å². The number of rotatable bonds is 6. The third kappa shape index (κ3) is 4.35. The van der Waals surface area contributed by atoms with E-state index in [1.54, 1.807) is 0 Å². The SMILES string of the molecule is CCC(C)CNCCc1cc(C)sc1C. The number of hydrogen-bond donors (Lipinski definition) is 1. The van der Waals surface area contributed by atoms with Crippen LogP contribution in [0.5, 0.6) is 0 Å². The second kappa shape index (κ2) is 6.29. The minimum atomic E-state index is 0.801. The van der Waals surface area contributed by atoms with E-state index in [0.29, 0.717) is 0 Å². The Bertz CT molecular complexity index is 291. The highest BCUT2D eigenvalue weighted by Crippen LogP contribution is 2.20. The van der Waals surface area contributed by atoms with E-state index < -0.39 is 0 Å². The molecule has 0 bridgehead atoms. The van der Waals surface area contributed by atoms with Crippen molar-refractivity contribution < 1.29 is 0 Å². The topological polar surface area (TPSA) is 12.0 Å². The zero-order valence-corrected chi connectivity index (χ0v) is 11.2. The summed E-state index contributed by atoms with van der Waals surface area (Å²) in [7, 11) is 0. The van der Waals surface area contributed by atoms with Crippen LogP contribution in [0, 0.1) is 19.8 Å². The van der Waals surface area contributed by atoms with Gasteiger partial charge < -0.3 is 5.32 Å². The summed E-state index contributed by atoms with van der Waals surface area (Å²) in [6.45, 7) is 11.2. The Morgan fingerprint density at radius 3 is 2.67 bits per heavy atom. The molecule has 1 aromatic heterocycles. The van der Waals surface area contributed by atoms with Crippen LogP contribution in [0.3, 0.4) is 0 Å². The molecule has 1 atom stereocenters. The first-order chi connectivity index (χ1) is 7.13. The normalized spacial score (nSPS) is 13.1. The van der Waals surface area contributed by atoms with Crippen molar-refractivity contribution in [2.45, 2.75) is 40.5 Å². The third-order valence-electron chi connectivity index (χ3n) is 2.90. The van der Waals surface area contributed by atoms with Gasteiger partial charge in [-0.25, -0.2) is 0 Å². The fraction of sp³-hybridized carbons (Fsp3) is 0.692. The highest BCUT2D eigenvalue weighted by molar-refractivity contribution is 7.12. The van der Waals surface area contributed by atoms with E-state index in [0.717, 1.165) is 19.0 Å². The van der Waals surface area contributed by atoms with Crippen molar-refractivity contribution in [2.75, 3.05) is 13.1 Å². The first-order valence-electron chi connectivity index (χ1n) is 5.90. The molecule has 0 fully saturated rings. The second-order valence-electron chi connectivity index (χ2n) is 4.41. The lowest BCUT2D eigenvalue weighted by atomic mass is 10.1. The van der Waals surface area contributed by atoms with Gasteiger partial charge >= 0.3 is 0 Å². The first kappa shape index (κ1) is 12.7. The summed E-state index contributed by atoms with van der Waals surface area (Å²) in [6, 6.07) is 2.32. The van der Waals surface area contributed by atoms with E-state index in [-0.39, 0.29) is 0 Å². The van der Waals surface area contributed by atoms with E-state index in [1.807, 2.05) is 11.3 Å². The van der Waals surface area contributed by atoms with Gasteiger partial charge in [0.1, 0.15) is 0 Å². The molecule has 1 heterocycles. The van der Waals surface area contributed by atoms with Crippen LogP contribution < -0.4 is 5.32 Å². The largest absolute Gasteiger partial charge is 0.316 e. The highest BCUT2D eigenvalue weighted by Gasteiger charge is 2.02. The van der Waals surface area contributed by atoms with Gasteiger partial charge in [0, 0.05) is 9.75 Å². The summed E-state index contributed by atoms with van der Waals surface area (Å²) >= 11 is 1.91. The van der Waals surface area contributed by atoms with Gasteiger partial charge in [0.2, 0.25) is 0 Å². The van der Waals surface area contributed by atoms with Gasteiger partial charge in [-0.3, -0.25) is 0 Å². The Kier molecular flexibility index (Phi) is 5.34. The average Bonchev–Trinajstić information content (AvgIpc) is 2.52. The first-order valence-corrected chi connectivity index (χ1v) is 6.71. The number of nitrogens with one attached hydrogen (secondary N) is 1. The maximum atomic E-state index is 3.53. The molecule has 0 aliphatic rings. The smallest absolute Gasteiger partial charge is 0.00495 e. The molecule has 0 saturated heterocycles. The highest BCUT2D eigenvalue weighted by atomic mass is 32.1. The maximum absolute atomic E-state index is 3.53. The minimum Gasteiger partial charge on any atom is -0.316 e. The number of aryl methyl sites for hydroxylation is 2. The van der Waals surface area contributed by atoms with Crippen LogP contribution in [0.2, 0.25) is 0 Å². The third-order valence-corrected chi connectivity index (χ3v) is 3.91. The van der Waals surface area contributed by atoms with Crippen LogP contribution in [0.1, 0.15) is 35.6 Å². The predicted molar refractivity (Wildman–Crippen MR) is 69.8 cm³/mol. The Hall–Kier alpha value is -0.340. The van der Waals surface area contributed by atoms with Crippen LogP contribution >= 0.6 is 11.3 Å². The molecule has 0 aromatic carbocycles. The van der Waals surface area contributed by atoms with Gasteiger partial charge in [0.05, 0.1) is 0 Å². The molecule has 0 aliphatic carbocycles. The van der Waals surface area contributed by atoms with Crippen LogP contribution in [0.15, 0.2) is 6.07 Å². The van der Waals surface area contributed by atoms with Crippen molar-refractivity contribution >= 4 is 11.3 Å². The lowest BCUT2D eigenvalue weighted by molar-refractivity contribution is 0.502. The predicted octanol–water partition coefficient (Wildman–Crippen LogP) is 3.54. The van der Waals surface area contributed by atoms with E-state index in [1.165, 1.54) is 28.2 Å². The second-order valence-corrected chi connectivity index (χ2v) is 5.87. The molecule has 86 valence electrons. The molecule has 1 nitrogen and oxygen atoms in total. The zero-order valence-electron chi connectivity index (χ0n) is 10.4. The van der Waals surface area contributed by atoms with Crippen molar-refractivity contribution in [3.05, 3.63) is 21.4 Å². The molecular formula is C13H23NS. The van der Waals surface area contributed by atoms with Gasteiger partial charge in [-0.05, 0) is 50.9 Å². The molecule has 1 aromatic rings. The van der Waals surface area contributed by atoms with E-state index >= 15 is 0 Å². The van der Waals surface area contributed by atoms with Crippen molar-refractivity contribution in [3.8, 4) is 0 Å². The summed E-state index contributed by atoms with van der Waals surface area (Å²) in [5.74, 6) is 0.801. The Balaban J connectivity index is 2.23. The average molecular weight is 225 g/mol. The molecule has 1 unspecified atom stereocenters. The number of thiophene rings is 1. The van der Waals surface area contributed by atoms with E-state index in [2.05, 4.69) is 39.1 Å². The summed E-state index contributed by atoms with van der Waals surface area (Å²) in [5, 5.41) is 3.53. The van der Waals surface area contributed by atoms with Crippen molar-refractivity contribution in [3.63, 3.8) is 0 Å². The molecular weight excluding hydrogens is 202 g/mol. The lowest BCUT2D eigenvalue weighted by Gasteiger charge is -2.09. The van der Waals surface area contributed by atoms with Gasteiger partial charge in [-0.1, -0.05) is 20.3 Å². The van der Waals surface area contributed by atoms with Gasteiger partial charge in [0.25, 0.3) is 0 Å². The quantitative estimate of drug-likeness (QED) is 0.730. The monoisotopic (exact) mass is 225 g/mol. The summed E-state index contributed by atoms with van der Waals surface area (Å²) in [5.41, 5.74) is 1.52. The standard InChI is InChI=1S/C13H23NS/c1-5-10(2)9-14-7-6-13-8-11(3)15-12(13)4/h8,10,14H,5-7,9H2,1-4H3.